The van der Waals surface area contributed by atoms with Crippen molar-refractivity contribution in [2.75, 3.05) is 17.7 Å². The Labute approximate surface area is 187 Å². The van der Waals surface area contributed by atoms with Crippen molar-refractivity contribution in [3.63, 3.8) is 0 Å². The molecule has 10 heteroatoms. The zero-order valence-electron chi connectivity index (χ0n) is 16.4. The van der Waals surface area contributed by atoms with E-state index in [1.54, 1.807) is 11.1 Å². The van der Waals surface area contributed by atoms with E-state index in [0.717, 1.165) is 33.8 Å². The minimum Gasteiger partial charge on any atom is -0.281 e. The lowest BCUT2D eigenvalue weighted by Gasteiger charge is -2.35. The molecular formula is C20H21BrN4O3S2. The Balaban J connectivity index is 1.74. The minimum absolute atomic E-state index is 0.231. The summed E-state index contributed by atoms with van der Waals surface area (Å²) < 4.78 is 27.9. The predicted molar refractivity (Wildman–Crippen MR) is 122 cm³/mol. The second-order valence-electron chi connectivity index (χ2n) is 7.24. The van der Waals surface area contributed by atoms with Crippen molar-refractivity contribution in [2.24, 2.45) is 0 Å². The van der Waals surface area contributed by atoms with Crippen molar-refractivity contribution in [2.45, 2.75) is 31.8 Å². The topological polar surface area (TPSA) is 83.5 Å². The molecule has 1 aliphatic rings. The van der Waals surface area contributed by atoms with E-state index in [2.05, 4.69) is 25.9 Å². The standard InChI is InChI=1S/C20H21BrN4O3S2/c1-30(27,28)25-11-5-3-7-17(25)19(26)24(13-15-6-2-4-10-22-15)20-23-16-9-8-14(21)12-18(16)29-20/h2,4,6,8-10,12,17H,3,5,7,11,13H2,1H3. The van der Waals surface area contributed by atoms with Crippen LogP contribution in [-0.4, -0.2) is 47.4 Å². The zero-order chi connectivity index (χ0) is 21.3. The highest BCUT2D eigenvalue weighted by atomic mass is 79.9. The molecule has 4 rings (SSSR count). The average molecular weight is 509 g/mol. The third-order valence-electron chi connectivity index (χ3n) is 5.05. The first-order chi connectivity index (χ1) is 14.3. The van der Waals surface area contributed by atoms with Crippen LogP contribution in [0, 0.1) is 0 Å². The summed E-state index contributed by atoms with van der Waals surface area (Å²) in [7, 11) is -3.49. The number of halogens is 1. The van der Waals surface area contributed by atoms with Crippen molar-refractivity contribution in [3.05, 3.63) is 52.8 Å². The number of hydrogen-bond donors (Lipinski definition) is 0. The molecule has 0 spiro atoms. The van der Waals surface area contributed by atoms with Gasteiger partial charge in [0.15, 0.2) is 5.13 Å². The van der Waals surface area contributed by atoms with Gasteiger partial charge in [-0.25, -0.2) is 13.4 Å². The van der Waals surface area contributed by atoms with Crippen molar-refractivity contribution in [1.82, 2.24) is 14.3 Å². The van der Waals surface area contributed by atoms with E-state index in [0.29, 0.717) is 23.8 Å². The Hall–Kier alpha value is -1.88. The maximum Gasteiger partial charge on any atom is 0.247 e. The molecule has 30 heavy (non-hydrogen) atoms. The third kappa shape index (κ3) is 4.56. The van der Waals surface area contributed by atoms with Crippen LogP contribution in [0.25, 0.3) is 10.2 Å². The Kier molecular flexibility index (Phi) is 6.19. The SMILES string of the molecule is CS(=O)(=O)N1CCCCC1C(=O)N(Cc1ccccn1)c1nc2ccc(Br)cc2s1. The molecule has 1 fully saturated rings. The number of nitrogens with zero attached hydrogens (tertiary/aromatic N) is 4. The smallest absolute Gasteiger partial charge is 0.247 e. The first-order valence-electron chi connectivity index (χ1n) is 9.57. The fourth-order valence-corrected chi connectivity index (χ4v) is 6.26. The number of aromatic nitrogens is 2. The van der Waals surface area contributed by atoms with Crippen molar-refractivity contribution in [1.29, 1.82) is 0 Å². The summed E-state index contributed by atoms with van der Waals surface area (Å²) >= 11 is 4.88. The number of sulfonamides is 1. The van der Waals surface area contributed by atoms with Gasteiger partial charge in [-0.2, -0.15) is 4.31 Å². The number of carbonyl (C=O) groups excluding carboxylic acids is 1. The molecule has 3 heterocycles. The molecule has 0 bridgehead atoms. The highest BCUT2D eigenvalue weighted by Crippen LogP contribution is 2.33. The van der Waals surface area contributed by atoms with Gasteiger partial charge in [-0.05, 0) is 43.2 Å². The summed E-state index contributed by atoms with van der Waals surface area (Å²) in [5.74, 6) is -0.260. The maximum atomic E-state index is 13.7. The van der Waals surface area contributed by atoms with Gasteiger partial charge in [0.05, 0.1) is 28.7 Å². The number of hydrogen-bond acceptors (Lipinski definition) is 6. The first-order valence-corrected chi connectivity index (χ1v) is 13.0. The Morgan fingerprint density at radius 3 is 2.87 bits per heavy atom. The molecule has 0 radical (unpaired) electrons. The minimum atomic E-state index is -3.49. The molecule has 1 aromatic carbocycles. The van der Waals surface area contributed by atoms with Crippen LogP contribution in [0.4, 0.5) is 5.13 Å². The summed E-state index contributed by atoms with van der Waals surface area (Å²) in [5, 5.41) is 0.540. The van der Waals surface area contributed by atoms with Gasteiger partial charge >= 0.3 is 0 Å². The number of carbonyl (C=O) groups is 1. The number of fused-ring (bicyclic) bond motifs is 1. The normalized spacial score (nSPS) is 17.9. The van der Waals surface area contributed by atoms with Gasteiger partial charge in [0.1, 0.15) is 6.04 Å². The maximum absolute atomic E-state index is 13.7. The highest BCUT2D eigenvalue weighted by Gasteiger charge is 2.38. The van der Waals surface area contributed by atoms with E-state index >= 15 is 0 Å². The number of anilines is 1. The van der Waals surface area contributed by atoms with Crippen LogP contribution in [0.15, 0.2) is 47.1 Å². The largest absolute Gasteiger partial charge is 0.281 e. The van der Waals surface area contributed by atoms with Gasteiger partial charge in [-0.15, -0.1) is 0 Å². The van der Waals surface area contributed by atoms with E-state index in [-0.39, 0.29) is 12.5 Å². The molecule has 3 aromatic rings. The van der Waals surface area contributed by atoms with Gasteiger partial charge < -0.3 is 0 Å². The molecule has 1 amide bonds. The first kappa shape index (κ1) is 21.4. The van der Waals surface area contributed by atoms with E-state index in [4.69, 9.17) is 0 Å². The van der Waals surface area contributed by atoms with Gasteiger partial charge in [0.2, 0.25) is 15.9 Å². The van der Waals surface area contributed by atoms with Crippen LogP contribution in [0.3, 0.4) is 0 Å². The monoisotopic (exact) mass is 508 g/mol. The molecule has 1 aliphatic heterocycles. The third-order valence-corrected chi connectivity index (χ3v) is 7.87. The number of thiazole rings is 1. The highest BCUT2D eigenvalue weighted by molar-refractivity contribution is 9.10. The molecule has 0 N–H and O–H groups in total. The number of pyridine rings is 1. The molecule has 1 saturated heterocycles. The number of piperidine rings is 1. The van der Waals surface area contributed by atoms with Gasteiger partial charge in [-0.1, -0.05) is 39.8 Å². The molecule has 7 nitrogen and oxygen atoms in total. The van der Waals surface area contributed by atoms with Crippen LogP contribution in [0.5, 0.6) is 0 Å². The molecule has 2 aromatic heterocycles. The average Bonchev–Trinajstić information content (AvgIpc) is 3.14. The summed E-state index contributed by atoms with van der Waals surface area (Å²) in [5.41, 5.74) is 1.51. The fraction of sp³-hybridized carbons (Fsp3) is 0.350. The van der Waals surface area contributed by atoms with Crippen LogP contribution >= 0.6 is 27.3 Å². The molecular weight excluding hydrogens is 488 g/mol. The van der Waals surface area contributed by atoms with Gasteiger partial charge in [0, 0.05) is 17.2 Å². The lowest BCUT2D eigenvalue weighted by Crippen LogP contribution is -2.52. The van der Waals surface area contributed by atoms with E-state index in [1.165, 1.54) is 15.6 Å². The van der Waals surface area contributed by atoms with Crippen molar-refractivity contribution < 1.29 is 13.2 Å². The van der Waals surface area contributed by atoms with E-state index in [1.807, 2.05) is 36.4 Å². The van der Waals surface area contributed by atoms with Gasteiger partial charge in [-0.3, -0.25) is 14.7 Å². The van der Waals surface area contributed by atoms with Crippen LogP contribution in [-0.2, 0) is 21.4 Å². The zero-order valence-corrected chi connectivity index (χ0v) is 19.6. The second-order valence-corrected chi connectivity index (χ2v) is 11.1. The number of rotatable bonds is 5. The summed E-state index contributed by atoms with van der Waals surface area (Å²) in [6, 6.07) is 10.6. The molecule has 158 valence electrons. The lowest BCUT2D eigenvalue weighted by atomic mass is 10.0. The summed E-state index contributed by atoms with van der Waals surface area (Å²) in [4.78, 5) is 24.2. The van der Waals surface area contributed by atoms with Crippen LogP contribution < -0.4 is 4.90 Å². The fourth-order valence-electron chi connectivity index (χ4n) is 3.62. The van der Waals surface area contributed by atoms with Crippen LogP contribution in [0.1, 0.15) is 25.0 Å². The molecule has 1 unspecified atom stereocenters. The summed E-state index contributed by atoms with van der Waals surface area (Å²) in [6.07, 6.45) is 4.91. The second kappa shape index (κ2) is 8.70. The Morgan fingerprint density at radius 2 is 2.13 bits per heavy atom. The number of amides is 1. The predicted octanol–water partition coefficient (Wildman–Crippen LogP) is 3.80. The molecule has 0 saturated carbocycles. The Morgan fingerprint density at radius 1 is 1.30 bits per heavy atom. The van der Waals surface area contributed by atoms with Crippen LogP contribution in [0.2, 0.25) is 0 Å². The van der Waals surface area contributed by atoms with Gasteiger partial charge in [0.25, 0.3) is 0 Å². The van der Waals surface area contributed by atoms with E-state index < -0.39 is 16.1 Å². The van der Waals surface area contributed by atoms with Crippen molar-refractivity contribution in [3.8, 4) is 0 Å². The van der Waals surface area contributed by atoms with E-state index in [9.17, 15) is 13.2 Å². The Bertz CT molecular complexity index is 1170. The molecule has 0 aliphatic carbocycles. The lowest BCUT2D eigenvalue weighted by molar-refractivity contribution is -0.123. The quantitative estimate of drug-likeness (QED) is 0.523. The summed E-state index contributed by atoms with van der Waals surface area (Å²) in [6.45, 7) is 0.591. The van der Waals surface area contributed by atoms with Crippen molar-refractivity contribution >= 4 is 58.5 Å². The number of benzene rings is 1. The molecule has 1 atom stereocenters.